The second-order valence-corrected chi connectivity index (χ2v) is 4.43. The molecular formula is C14H13ClN2O2. The highest BCUT2D eigenvalue weighted by molar-refractivity contribution is 6.32. The van der Waals surface area contributed by atoms with E-state index < -0.39 is 0 Å². The van der Waals surface area contributed by atoms with E-state index in [4.69, 9.17) is 27.8 Å². The molecule has 2 rings (SSSR count). The highest BCUT2D eigenvalue weighted by Crippen LogP contribution is 2.27. The van der Waals surface area contributed by atoms with Crippen molar-refractivity contribution in [3.63, 3.8) is 0 Å². The van der Waals surface area contributed by atoms with E-state index in [0.29, 0.717) is 33.3 Å². The van der Waals surface area contributed by atoms with Crippen molar-refractivity contribution in [1.82, 2.24) is 0 Å². The second-order valence-electron chi connectivity index (χ2n) is 4.03. The summed E-state index contributed by atoms with van der Waals surface area (Å²) in [5.41, 5.74) is 13.1. The quantitative estimate of drug-likeness (QED) is 0.667. The molecule has 98 valence electrons. The van der Waals surface area contributed by atoms with Gasteiger partial charge < -0.3 is 16.2 Å². The molecule has 4 nitrogen and oxygen atoms in total. The zero-order valence-corrected chi connectivity index (χ0v) is 11.1. The fraction of sp³-hybridized carbons (Fsp3) is 0.0714. The maximum absolute atomic E-state index is 12.3. The summed E-state index contributed by atoms with van der Waals surface area (Å²) in [4.78, 5) is 12.3. The summed E-state index contributed by atoms with van der Waals surface area (Å²) in [7, 11) is 1.51. The number of anilines is 2. The summed E-state index contributed by atoms with van der Waals surface area (Å²) in [5, 5.41) is 0.377. The van der Waals surface area contributed by atoms with Crippen molar-refractivity contribution < 1.29 is 9.53 Å². The first kappa shape index (κ1) is 13.2. The lowest BCUT2D eigenvalue weighted by molar-refractivity contribution is 0.103. The molecule has 0 saturated heterocycles. The van der Waals surface area contributed by atoms with Gasteiger partial charge in [0.05, 0.1) is 12.1 Å². The summed E-state index contributed by atoms with van der Waals surface area (Å²) in [6.45, 7) is 0. The fourth-order valence-electron chi connectivity index (χ4n) is 1.75. The molecule has 0 radical (unpaired) electrons. The molecular weight excluding hydrogens is 264 g/mol. The third-order valence-electron chi connectivity index (χ3n) is 2.73. The maximum atomic E-state index is 12.3. The van der Waals surface area contributed by atoms with Crippen LogP contribution in [-0.4, -0.2) is 12.9 Å². The minimum Gasteiger partial charge on any atom is -0.495 e. The number of carbonyl (C=O) groups is 1. The Labute approximate surface area is 115 Å². The van der Waals surface area contributed by atoms with E-state index in [1.54, 1.807) is 36.4 Å². The van der Waals surface area contributed by atoms with Crippen molar-refractivity contribution in [1.29, 1.82) is 0 Å². The van der Waals surface area contributed by atoms with Crippen LogP contribution in [0.5, 0.6) is 5.75 Å². The lowest BCUT2D eigenvalue weighted by Gasteiger charge is -2.08. The van der Waals surface area contributed by atoms with E-state index >= 15 is 0 Å². The van der Waals surface area contributed by atoms with Crippen molar-refractivity contribution >= 4 is 28.8 Å². The number of methoxy groups -OCH3 is 1. The zero-order valence-electron chi connectivity index (χ0n) is 10.3. The van der Waals surface area contributed by atoms with Crippen molar-refractivity contribution in [3.05, 3.63) is 52.5 Å². The first-order valence-electron chi connectivity index (χ1n) is 5.56. The minimum atomic E-state index is -0.206. The molecule has 0 aliphatic rings. The number of ketones is 1. The van der Waals surface area contributed by atoms with Gasteiger partial charge in [0.2, 0.25) is 0 Å². The first-order chi connectivity index (χ1) is 9.02. The van der Waals surface area contributed by atoms with E-state index in [1.165, 1.54) is 7.11 Å². The number of rotatable bonds is 3. The van der Waals surface area contributed by atoms with E-state index in [0.717, 1.165) is 0 Å². The van der Waals surface area contributed by atoms with Gasteiger partial charge in [-0.1, -0.05) is 11.6 Å². The molecule has 4 N–H and O–H groups in total. The molecule has 0 fully saturated rings. The standard InChI is InChI=1S/C14H13ClN2O2/c1-19-13-5-2-8(6-11(13)15)14(18)10-4-3-9(16)7-12(10)17/h2-7H,16-17H2,1H3. The monoisotopic (exact) mass is 276 g/mol. The maximum Gasteiger partial charge on any atom is 0.195 e. The van der Waals surface area contributed by atoms with Crippen LogP contribution in [0.25, 0.3) is 0 Å². The number of nitrogen functional groups attached to an aromatic ring is 2. The van der Waals surface area contributed by atoms with Crippen LogP contribution in [0.4, 0.5) is 11.4 Å². The SMILES string of the molecule is COc1ccc(C(=O)c2ccc(N)cc2N)cc1Cl. The molecule has 19 heavy (non-hydrogen) atoms. The summed E-state index contributed by atoms with van der Waals surface area (Å²) < 4.78 is 5.04. The number of benzene rings is 2. The van der Waals surface area contributed by atoms with Crippen LogP contribution in [0.2, 0.25) is 5.02 Å². The normalized spacial score (nSPS) is 10.2. The van der Waals surface area contributed by atoms with Crippen molar-refractivity contribution in [2.24, 2.45) is 0 Å². The van der Waals surface area contributed by atoms with Crippen LogP contribution >= 0.6 is 11.6 Å². The van der Waals surface area contributed by atoms with Crippen molar-refractivity contribution in [3.8, 4) is 5.75 Å². The Kier molecular flexibility index (Phi) is 3.62. The lowest BCUT2D eigenvalue weighted by atomic mass is 10.0. The van der Waals surface area contributed by atoms with Gasteiger partial charge in [0.15, 0.2) is 5.78 Å². The topological polar surface area (TPSA) is 78.3 Å². The molecule has 0 heterocycles. The molecule has 0 spiro atoms. The van der Waals surface area contributed by atoms with E-state index in [1.807, 2.05) is 0 Å². The number of hydrogen-bond acceptors (Lipinski definition) is 4. The van der Waals surface area contributed by atoms with Gasteiger partial charge in [-0.2, -0.15) is 0 Å². The lowest BCUT2D eigenvalue weighted by Crippen LogP contribution is -2.06. The molecule has 0 aliphatic carbocycles. The van der Waals surface area contributed by atoms with Crippen LogP contribution in [0, 0.1) is 0 Å². The molecule has 0 unspecified atom stereocenters. The highest BCUT2D eigenvalue weighted by Gasteiger charge is 2.14. The number of hydrogen-bond donors (Lipinski definition) is 2. The van der Waals surface area contributed by atoms with E-state index in [9.17, 15) is 4.79 Å². The van der Waals surface area contributed by atoms with Crippen molar-refractivity contribution in [2.75, 3.05) is 18.6 Å². The van der Waals surface area contributed by atoms with Gasteiger partial charge in [0, 0.05) is 22.5 Å². The summed E-state index contributed by atoms with van der Waals surface area (Å²) in [6.07, 6.45) is 0. The van der Waals surface area contributed by atoms with Crippen LogP contribution in [0.15, 0.2) is 36.4 Å². The Hall–Kier alpha value is -2.20. The molecule has 5 heteroatoms. The summed E-state index contributed by atoms with van der Waals surface area (Å²) >= 11 is 6.00. The van der Waals surface area contributed by atoms with Gasteiger partial charge in [0.1, 0.15) is 5.75 Å². The van der Waals surface area contributed by atoms with E-state index in [-0.39, 0.29) is 5.78 Å². The predicted molar refractivity (Wildman–Crippen MR) is 76.7 cm³/mol. The first-order valence-corrected chi connectivity index (χ1v) is 5.94. The highest BCUT2D eigenvalue weighted by atomic mass is 35.5. The third-order valence-corrected chi connectivity index (χ3v) is 3.03. The Morgan fingerprint density at radius 2 is 1.89 bits per heavy atom. The molecule has 0 aliphatic heterocycles. The zero-order chi connectivity index (χ0) is 14.0. The van der Waals surface area contributed by atoms with E-state index in [2.05, 4.69) is 0 Å². The summed E-state index contributed by atoms with van der Waals surface area (Å²) in [5.74, 6) is 0.311. The average molecular weight is 277 g/mol. The van der Waals surface area contributed by atoms with Crippen molar-refractivity contribution in [2.45, 2.75) is 0 Å². The minimum absolute atomic E-state index is 0.206. The Morgan fingerprint density at radius 3 is 2.47 bits per heavy atom. The second kappa shape index (κ2) is 5.20. The van der Waals surface area contributed by atoms with Crippen LogP contribution in [-0.2, 0) is 0 Å². The number of carbonyl (C=O) groups excluding carboxylic acids is 1. The van der Waals surface area contributed by atoms with Gasteiger partial charge in [-0.3, -0.25) is 4.79 Å². The third kappa shape index (κ3) is 2.63. The van der Waals surface area contributed by atoms with Crippen LogP contribution < -0.4 is 16.2 Å². The molecule has 0 bridgehead atoms. The fourth-order valence-corrected chi connectivity index (χ4v) is 2.01. The predicted octanol–water partition coefficient (Wildman–Crippen LogP) is 2.74. The molecule has 2 aromatic carbocycles. The van der Waals surface area contributed by atoms with Gasteiger partial charge >= 0.3 is 0 Å². The number of nitrogens with two attached hydrogens (primary N) is 2. The molecule has 0 aromatic heterocycles. The Bertz CT molecular complexity index is 641. The average Bonchev–Trinajstić information content (AvgIpc) is 2.38. The van der Waals surface area contributed by atoms with Crippen LogP contribution in [0.3, 0.4) is 0 Å². The molecule has 0 atom stereocenters. The van der Waals surface area contributed by atoms with Gasteiger partial charge in [0.25, 0.3) is 0 Å². The van der Waals surface area contributed by atoms with Gasteiger partial charge in [-0.15, -0.1) is 0 Å². The van der Waals surface area contributed by atoms with Crippen LogP contribution in [0.1, 0.15) is 15.9 Å². The number of halogens is 1. The molecule has 0 amide bonds. The number of ether oxygens (including phenoxy) is 1. The van der Waals surface area contributed by atoms with Gasteiger partial charge in [-0.25, -0.2) is 0 Å². The largest absolute Gasteiger partial charge is 0.495 e. The molecule has 2 aromatic rings. The Balaban J connectivity index is 2.41. The molecule has 0 saturated carbocycles. The smallest absolute Gasteiger partial charge is 0.195 e. The summed E-state index contributed by atoms with van der Waals surface area (Å²) in [6, 6.07) is 9.63. The Morgan fingerprint density at radius 1 is 1.16 bits per heavy atom. The van der Waals surface area contributed by atoms with Gasteiger partial charge in [-0.05, 0) is 36.4 Å².